The Morgan fingerprint density at radius 3 is 2.56 bits per heavy atom. The maximum atomic E-state index is 10.6. The third-order valence-electron chi connectivity index (χ3n) is 3.54. The molecule has 0 bridgehead atoms. The topological polar surface area (TPSA) is 50.7 Å². The van der Waals surface area contributed by atoms with Crippen molar-refractivity contribution in [2.45, 2.75) is 24.9 Å². The van der Waals surface area contributed by atoms with Gasteiger partial charge in [-0.15, -0.1) is 0 Å². The summed E-state index contributed by atoms with van der Waals surface area (Å²) >= 11 is 0. The molecule has 0 aromatic heterocycles. The van der Waals surface area contributed by atoms with E-state index < -0.39 is 5.60 Å². The van der Waals surface area contributed by atoms with Crippen molar-refractivity contribution in [3.05, 3.63) is 23.8 Å². The molecule has 18 heavy (non-hydrogen) atoms. The van der Waals surface area contributed by atoms with E-state index >= 15 is 0 Å². The first-order chi connectivity index (χ1) is 8.68. The van der Waals surface area contributed by atoms with Gasteiger partial charge in [-0.3, -0.25) is 0 Å². The Bertz CT molecular complexity index is 400. The summed E-state index contributed by atoms with van der Waals surface area (Å²) in [6.45, 7) is 1.73. The average Bonchev–Trinajstić information content (AvgIpc) is 2.38. The van der Waals surface area contributed by atoms with Crippen molar-refractivity contribution in [2.24, 2.45) is 0 Å². The molecule has 100 valence electrons. The molecule has 0 amide bonds. The lowest BCUT2D eigenvalue weighted by Gasteiger charge is -2.33. The van der Waals surface area contributed by atoms with Crippen molar-refractivity contribution < 1.29 is 14.6 Å². The summed E-state index contributed by atoms with van der Waals surface area (Å²) in [6.07, 6.45) is 2.15. The number of methoxy groups -OCH3 is 2. The Hall–Kier alpha value is -1.26. The molecule has 0 spiro atoms. The summed E-state index contributed by atoms with van der Waals surface area (Å²) in [7, 11) is 3.26. The lowest BCUT2D eigenvalue weighted by molar-refractivity contribution is 0.0103. The zero-order valence-corrected chi connectivity index (χ0v) is 11.0. The van der Waals surface area contributed by atoms with Crippen LogP contribution >= 0.6 is 0 Å². The van der Waals surface area contributed by atoms with Gasteiger partial charge in [-0.1, -0.05) is 12.1 Å². The normalized spacial score (nSPS) is 18.4. The molecule has 0 unspecified atom stereocenters. The fraction of sp³-hybridized carbons (Fsp3) is 0.571. The van der Waals surface area contributed by atoms with Crippen molar-refractivity contribution in [3.8, 4) is 11.5 Å². The molecule has 2 rings (SSSR count). The third kappa shape index (κ3) is 2.76. The van der Waals surface area contributed by atoms with E-state index in [0.29, 0.717) is 12.2 Å². The second-order valence-corrected chi connectivity index (χ2v) is 4.80. The predicted octanol–water partition coefficient (Wildman–Crippen LogP) is 1.36. The van der Waals surface area contributed by atoms with E-state index in [-0.39, 0.29) is 0 Å². The molecule has 0 aliphatic carbocycles. The van der Waals surface area contributed by atoms with Gasteiger partial charge in [0.15, 0.2) is 11.5 Å². The van der Waals surface area contributed by atoms with Crippen LogP contribution in [-0.2, 0) is 6.42 Å². The first-order valence-electron chi connectivity index (χ1n) is 6.31. The minimum atomic E-state index is -0.634. The quantitative estimate of drug-likeness (QED) is 0.848. The Morgan fingerprint density at radius 2 is 1.94 bits per heavy atom. The molecule has 1 heterocycles. The molecule has 0 radical (unpaired) electrons. The van der Waals surface area contributed by atoms with Crippen LogP contribution in [0, 0.1) is 0 Å². The number of rotatable bonds is 4. The molecule has 1 fully saturated rings. The second kappa shape index (κ2) is 5.59. The van der Waals surface area contributed by atoms with E-state index in [0.717, 1.165) is 37.2 Å². The molecule has 0 saturated carbocycles. The molecule has 2 N–H and O–H groups in total. The van der Waals surface area contributed by atoms with Crippen LogP contribution in [0.3, 0.4) is 0 Å². The molecule has 1 aliphatic heterocycles. The van der Waals surface area contributed by atoms with Crippen LogP contribution in [0.1, 0.15) is 18.4 Å². The van der Waals surface area contributed by atoms with Crippen LogP contribution in [0.5, 0.6) is 11.5 Å². The van der Waals surface area contributed by atoms with E-state index in [4.69, 9.17) is 9.47 Å². The Balaban J connectivity index is 2.22. The number of aliphatic hydroxyl groups is 1. The van der Waals surface area contributed by atoms with Gasteiger partial charge in [0.1, 0.15) is 0 Å². The van der Waals surface area contributed by atoms with E-state index in [1.807, 2.05) is 18.2 Å². The predicted molar refractivity (Wildman–Crippen MR) is 70.3 cm³/mol. The second-order valence-electron chi connectivity index (χ2n) is 4.80. The number of nitrogens with one attached hydrogen (secondary N) is 1. The average molecular weight is 251 g/mol. The van der Waals surface area contributed by atoms with E-state index in [2.05, 4.69) is 5.32 Å². The van der Waals surface area contributed by atoms with Gasteiger partial charge in [-0.05, 0) is 32.0 Å². The van der Waals surface area contributed by atoms with Crippen LogP contribution in [0.25, 0.3) is 0 Å². The first kappa shape index (κ1) is 13.2. The number of piperidine rings is 1. The summed E-state index contributed by atoms with van der Waals surface area (Å²) in [5, 5.41) is 13.8. The Labute approximate surface area is 108 Å². The maximum absolute atomic E-state index is 10.6. The monoisotopic (exact) mass is 251 g/mol. The van der Waals surface area contributed by atoms with Crippen molar-refractivity contribution in [3.63, 3.8) is 0 Å². The third-order valence-corrected chi connectivity index (χ3v) is 3.54. The van der Waals surface area contributed by atoms with Crippen LogP contribution in [0.4, 0.5) is 0 Å². The minimum absolute atomic E-state index is 0.606. The zero-order valence-electron chi connectivity index (χ0n) is 11.0. The smallest absolute Gasteiger partial charge is 0.164 e. The van der Waals surface area contributed by atoms with E-state index in [1.54, 1.807) is 14.2 Å². The highest BCUT2D eigenvalue weighted by Gasteiger charge is 2.30. The number of para-hydroxylation sites is 1. The highest BCUT2D eigenvalue weighted by Crippen LogP contribution is 2.34. The van der Waals surface area contributed by atoms with Gasteiger partial charge in [-0.25, -0.2) is 0 Å². The van der Waals surface area contributed by atoms with E-state index in [1.165, 1.54) is 0 Å². The van der Waals surface area contributed by atoms with Crippen molar-refractivity contribution >= 4 is 0 Å². The molecule has 1 saturated heterocycles. The fourth-order valence-corrected chi connectivity index (χ4v) is 2.52. The van der Waals surface area contributed by atoms with Crippen LogP contribution in [0.2, 0.25) is 0 Å². The summed E-state index contributed by atoms with van der Waals surface area (Å²) < 4.78 is 10.7. The van der Waals surface area contributed by atoms with Crippen LogP contribution < -0.4 is 14.8 Å². The van der Waals surface area contributed by atoms with Gasteiger partial charge >= 0.3 is 0 Å². The lowest BCUT2D eigenvalue weighted by atomic mass is 9.86. The first-order valence-corrected chi connectivity index (χ1v) is 6.31. The number of benzene rings is 1. The standard InChI is InChI=1S/C14H21NO3/c1-17-12-5-3-4-11(13(12)18-2)10-14(16)6-8-15-9-7-14/h3-5,15-16H,6-10H2,1-2H3. The highest BCUT2D eigenvalue weighted by atomic mass is 16.5. The maximum Gasteiger partial charge on any atom is 0.164 e. The van der Waals surface area contributed by atoms with Gasteiger partial charge < -0.3 is 19.9 Å². The Morgan fingerprint density at radius 1 is 1.22 bits per heavy atom. The molecule has 4 heteroatoms. The summed E-state index contributed by atoms with van der Waals surface area (Å²) in [5.74, 6) is 1.44. The van der Waals surface area contributed by atoms with Crippen LogP contribution in [-0.4, -0.2) is 38.0 Å². The largest absolute Gasteiger partial charge is 0.493 e. The molecule has 1 aromatic carbocycles. The minimum Gasteiger partial charge on any atom is -0.493 e. The van der Waals surface area contributed by atoms with Crippen molar-refractivity contribution in [1.29, 1.82) is 0 Å². The van der Waals surface area contributed by atoms with Gasteiger partial charge in [-0.2, -0.15) is 0 Å². The molecule has 1 aromatic rings. The van der Waals surface area contributed by atoms with Crippen molar-refractivity contribution in [1.82, 2.24) is 5.32 Å². The van der Waals surface area contributed by atoms with E-state index in [9.17, 15) is 5.11 Å². The van der Waals surface area contributed by atoms with Gasteiger partial charge in [0.2, 0.25) is 0 Å². The highest BCUT2D eigenvalue weighted by molar-refractivity contribution is 5.47. The number of hydrogen-bond acceptors (Lipinski definition) is 4. The molecule has 1 aliphatic rings. The molecular formula is C14H21NO3. The molecule has 4 nitrogen and oxygen atoms in total. The van der Waals surface area contributed by atoms with Gasteiger partial charge in [0.25, 0.3) is 0 Å². The number of ether oxygens (including phenoxy) is 2. The lowest BCUT2D eigenvalue weighted by Crippen LogP contribution is -2.43. The van der Waals surface area contributed by atoms with Crippen LogP contribution in [0.15, 0.2) is 18.2 Å². The summed E-state index contributed by atoms with van der Waals surface area (Å²) in [4.78, 5) is 0. The number of hydrogen-bond donors (Lipinski definition) is 2. The zero-order chi connectivity index (χ0) is 13.0. The SMILES string of the molecule is COc1cccc(CC2(O)CCNCC2)c1OC. The van der Waals surface area contributed by atoms with Gasteiger partial charge in [0.05, 0.1) is 19.8 Å². The van der Waals surface area contributed by atoms with Gasteiger partial charge in [0, 0.05) is 12.0 Å². The summed E-state index contributed by atoms with van der Waals surface area (Å²) in [5.41, 5.74) is 0.367. The van der Waals surface area contributed by atoms with Crippen molar-refractivity contribution in [2.75, 3.05) is 27.3 Å². The molecular weight excluding hydrogens is 230 g/mol. The fourth-order valence-electron chi connectivity index (χ4n) is 2.52. The summed E-state index contributed by atoms with van der Waals surface area (Å²) in [6, 6.07) is 5.79. The molecule has 0 atom stereocenters. The Kier molecular flexibility index (Phi) is 4.09.